The van der Waals surface area contributed by atoms with Crippen LogP contribution in [0.15, 0.2) is 18.2 Å². The van der Waals surface area contributed by atoms with Gasteiger partial charge in [0.1, 0.15) is 5.82 Å². The first-order chi connectivity index (χ1) is 8.99. The van der Waals surface area contributed by atoms with Crippen molar-refractivity contribution in [1.29, 1.82) is 0 Å². The molecule has 0 radical (unpaired) electrons. The predicted molar refractivity (Wildman–Crippen MR) is 68.5 cm³/mol. The summed E-state index contributed by atoms with van der Waals surface area (Å²) in [5, 5.41) is 11.7. The van der Waals surface area contributed by atoms with Gasteiger partial charge in [-0.25, -0.2) is 4.39 Å². The molecule has 0 saturated heterocycles. The molecule has 1 amide bonds. The van der Waals surface area contributed by atoms with Gasteiger partial charge in [-0.15, -0.1) is 0 Å². The second-order valence-corrected chi connectivity index (χ2v) is 5.03. The maximum absolute atomic E-state index is 13.5. The van der Waals surface area contributed by atoms with Gasteiger partial charge < -0.3 is 10.4 Å². The lowest BCUT2D eigenvalue weighted by Gasteiger charge is -2.16. The SMILES string of the molecule is O=C(O)[C@H]1CCC[C@H]1C(=O)Nc1cc(Cl)ccc1F. The van der Waals surface area contributed by atoms with Crippen LogP contribution in [0, 0.1) is 17.7 Å². The molecule has 1 aliphatic carbocycles. The van der Waals surface area contributed by atoms with Crippen molar-refractivity contribution in [2.75, 3.05) is 5.32 Å². The topological polar surface area (TPSA) is 66.4 Å². The monoisotopic (exact) mass is 285 g/mol. The lowest BCUT2D eigenvalue weighted by molar-refractivity contribution is -0.145. The van der Waals surface area contributed by atoms with Crippen molar-refractivity contribution in [2.45, 2.75) is 19.3 Å². The Labute approximate surface area is 114 Å². The Kier molecular flexibility index (Phi) is 4.04. The van der Waals surface area contributed by atoms with E-state index >= 15 is 0 Å². The summed E-state index contributed by atoms with van der Waals surface area (Å²) in [6, 6.07) is 3.84. The summed E-state index contributed by atoms with van der Waals surface area (Å²) in [5.74, 6) is -3.35. The van der Waals surface area contributed by atoms with Crippen LogP contribution in [-0.2, 0) is 9.59 Å². The van der Waals surface area contributed by atoms with Gasteiger partial charge in [-0.1, -0.05) is 18.0 Å². The maximum atomic E-state index is 13.5. The number of carboxylic acids is 1. The fourth-order valence-corrected chi connectivity index (χ4v) is 2.56. The maximum Gasteiger partial charge on any atom is 0.307 e. The third-order valence-electron chi connectivity index (χ3n) is 3.36. The van der Waals surface area contributed by atoms with Crippen LogP contribution in [-0.4, -0.2) is 17.0 Å². The van der Waals surface area contributed by atoms with Gasteiger partial charge in [0.2, 0.25) is 5.91 Å². The van der Waals surface area contributed by atoms with Crippen LogP contribution in [0.5, 0.6) is 0 Å². The Bertz CT molecular complexity index is 521. The molecule has 6 heteroatoms. The first-order valence-electron chi connectivity index (χ1n) is 5.98. The molecule has 0 heterocycles. The normalized spacial score (nSPS) is 22.2. The zero-order chi connectivity index (χ0) is 14.0. The number of carboxylic acid groups (broad SMARTS) is 1. The molecule has 2 atom stereocenters. The van der Waals surface area contributed by atoms with Crippen molar-refractivity contribution in [2.24, 2.45) is 11.8 Å². The molecular weight excluding hydrogens is 273 g/mol. The molecule has 2 rings (SSSR count). The molecule has 19 heavy (non-hydrogen) atoms. The van der Waals surface area contributed by atoms with E-state index in [1.54, 1.807) is 0 Å². The quantitative estimate of drug-likeness (QED) is 0.897. The Hall–Kier alpha value is -1.62. The minimum absolute atomic E-state index is 0.0199. The van der Waals surface area contributed by atoms with E-state index in [1.807, 2.05) is 0 Å². The molecule has 1 saturated carbocycles. The minimum Gasteiger partial charge on any atom is -0.481 e. The molecule has 1 aromatic rings. The highest BCUT2D eigenvalue weighted by molar-refractivity contribution is 6.30. The fraction of sp³-hybridized carbons (Fsp3) is 0.385. The first kappa shape index (κ1) is 13.8. The molecule has 0 aliphatic heterocycles. The van der Waals surface area contributed by atoms with Gasteiger partial charge in [-0.05, 0) is 31.0 Å². The number of anilines is 1. The first-order valence-corrected chi connectivity index (χ1v) is 6.35. The number of carbonyl (C=O) groups is 2. The molecule has 2 N–H and O–H groups in total. The highest BCUT2D eigenvalue weighted by atomic mass is 35.5. The summed E-state index contributed by atoms with van der Waals surface area (Å²) < 4.78 is 13.5. The predicted octanol–water partition coefficient (Wildman–Crippen LogP) is 2.92. The van der Waals surface area contributed by atoms with Crippen molar-refractivity contribution >= 4 is 29.2 Å². The number of amides is 1. The molecule has 102 valence electrons. The van der Waals surface area contributed by atoms with Crippen LogP contribution in [0.2, 0.25) is 5.02 Å². The van der Waals surface area contributed by atoms with E-state index in [-0.39, 0.29) is 5.69 Å². The lowest BCUT2D eigenvalue weighted by Crippen LogP contribution is -2.30. The van der Waals surface area contributed by atoms with Gasteiger partial charge in [0, 0.05) is 5.02 Å². The zero-order valence-corrected chi connectivity index (χ0v) is 10.8. The van der Waals surface area contributed by atoms with E-state index in [0.717, 1.165) is 6.07 Å². The van der Waals surface area contributed by atoms with Gasteiger partial charge in [0.05, 0.1) is 17.5 Å². The third-order valence-corrected chi connectivity index (χ3v) is 3.59. The smallest absolute Gasteiger partial charge is 0.307 e. The zero-order valence-electron chi connectivity index (χ0n) is 10.0. The Morgan fingerprint density at radius 2 is 2.00 bits per heavy atom. The van der Waals surface area contributed by atoms with Crippen molar-refractivity contribution < 1.29 is 19.1 Å². The molecule has 1 aromatic carbocycles. The van der Waals surface area contributed by atoms with Crippen LogP contribution in [0.1, 0.15) is 19.3 Å². The van der Waals surface area contributed by atoms with Crippen molar-refractivity contribution in [3.63, 3.8) is 0 Å². The Balaban J connectivity index is 2.12. The number of nitrogens with one attached hydrogen (secondary N) is 1. The standard InChI is InChI=1S/C13H13ClFNO3/c14-7-4-5-10(15)11(6-7)16-12(17)8-2-1-3-9(8)13(18)19/h4-6,8-9H,1-3H2,(H,16,17)(H,18,19)/t8-,9+/m1/s1. The van der Waals surface area contributed by atoms with Crippen LogP contribution >= 0.6 is 11.6 Å². The van der Waals surface area contributed by atoms with Gasteiger partial charge in [0.25, 0.3) is 0 Å². The number of benzene rings is 1. The molecule has 0 unspecified atom stereocenters. The summed E-state index contributed by atoms with van der Waals surface area (Å²) >= 11 is 5.73. The van der Waals surface area contributed by atoms with E-state index in [2.05, 4.69) is 5.32 Å². The van der Waals surface area contributed by atoms with Crippen LogP contribution in [0.3, 0.4) is 0 Å². The fourth-order valence-electron chi connectivity index (χ4n) is 2.39. The molecule has 1 aliphatic rings. The largest absolute Gasteiger partial charge is 0.481 e. The van der Waals surface area contributed by atoms with Crippen LogP contribution in [0.4, 0.5) is 10.1 Å². The van der Waals surface area contributed by atoms with Gasteiger partial charge in [0.15, 0.2) is 0 Å². The highest BCUT2D eigenvalue weighted by Crippen LogP contribution is 2.33. The summed E-state index contributed by atoms with van der Waals surface area (Å²) in [6.45, 7) is 0. The summed E-state index contributed by atoms with van der Waals surface area (Å²) in [5.41, 5.74) is -0.0199. The van der Waals surface area contributed by atoms with Gasteiger partial charge in [-0.3, -0.25) is 9.59 Å². The van der Waals surface area contributed by atoms with Crippen molar-refractivity contribution in [3.8, 4) is 0 Å². The Morgan fingerprint density at radius 1 is 1.32 bits per heavy atom. The average Bonchev–Trinajstić information content (AvgIpc) is 2.83. The van der Waals surface area contributed by atoms with E-state index < -0.39 is 29.5 Å². The number of aliphatic carboxylic acids is 1. The van der Waals surface area contributed by atoms with Crippen molar-refractivity contribution in [3.05, 3.63) is 29.0 Å². The lowest BCUT2D eigenvalue weighted by atomic mass is 9.95. The summed E-state index contributed by atoms with van der Waals surface area (Å²) in [6.07, 6.45) is 1.67. The number of hydrogen-bond acceptors (Lipinski definition) is 2. The van der Waals surface area contributed by atoms with Gasteiger partial charge >= 0.3 is 5.97 Å². The number of halogens is 2. The second-order valence-electron chi connectivity index (χ2n) is 4.60. The number of carbonyl (C=O) groups excluding carboxylic acids is 1. The third kappa shape index (κ3) is 3.04. The molecule has 1 fully saturated rings. The molecule has 0 spiro atoms. The van der Waals surface area contributed by atoms with Gasteiger partial charge in [-0.2, -0.15) is 0 Å². The van der Waals surface area contributed by atoms with E-state index in [9.17, 15) is 14.0 Å². The molecule has 0 bridgehead atoms. The molecule has 4 nitrogen and oxygen atoms in total. The molecule has 0 aromatic heterocycles. The van der Waals surface area contributed by atoms with Crippen LogP contribution < -0.4 is 5.32 Å². The Morgan fingerprint density at radius 3 is 2.68 bits per heavy atom. The minimum atomic E-state index is -0.982. The summed E-state index contributed by atoms with van der Waals surface area (Å²) in [7, 11) is 0. The number of hydrogen-bond donors (Lipinski definition) is 2. The van der Waals surface area contributed by atoms with E-state index in [1.165, 1.54) is 12.1 Å². The molecular formula is C13H13ClFNO3. The van der Waals surface area contributed by atoms with E-state index in [0.29, 0.717) is 24.3 Å². The number of rotatable bonds is 3. The average molecular weight is 286 g/mol. The second kappa shape index (κ2) is 5.57. The summed E-state index contributed by atoms with van der Waals surface area (Å²) in [4.78, 5) is 23.0. The van der Waals surface area contributed by atoms with Crippen LogP contribution in [0.25, 0.3) is 0 Å². The van der Waals surface area contributed by atoms with E-state index in [4.69, 9.17) is 16.7 Å². The van der Waals surface area contributed by atoms with Crippen molar-refractivity contribution in [1.82, 2.24) is 0 Å². The highest BCUT2D eigenvalue weighted by Gasteiger charge is 2.37.